The van der Waals surface area contributed by atoms with Gasteiger partial charge >= 0.3 is 0 Å². The molecule has 13 heavy (non-hydrogen) atoms. The van der Waals surface area contributed by atoms with Crippen LogP contribution in [0.2, 0.25) is 0 Å². The van der Waals surface area contributed by atoms with Gasteiger partial charge in [0, 0.05) is 6.54 Å². The molecule has 1 amide bonds. The van der Waals surface area contributed by atoms with Gasteiger partial charge in [0.25, 0.3) is 0 Å². The molecule has 1 rings (SSSR count). The first-order valence-electron chi connectivity index (χ1n) is 4.80. The van der Waals surface area contributed by atoms with Crippen LogP contribution in [0.4, 0.5) is 0 Å². The SMILES string of the molecule is CC(O)CNC(=O)C1(N)CCCC1. The van der Waals surface area contributed by atoms with Crippen LogP contribution in [0.15, 0.2) is 0 Å². The maximum Gasteiger partial charge on any atom is 0.240 e. The summed E-state index contributed by atoms with van der Waals surface area (Å²) in [5.41, 5.74) is 5.22. The van der Waals surface area contributed by atoms with Crippen molar-refractivity contribution in [2.24, 2.45) is 5.73 Å². The summed E-state index contributed by atoms with van der Waals surface area (Å²) in [5, 5.41) is 11.6. The van der Waals surface area contributed by atoms with E-state index in [4.69, 9.17) is 10.8 Å². The lowest BCUT2D eigenvalue weighted by molar-refractivity contribution is -0.126. The molecule has 0 bridgehead atoms. The highest BCUT2D eigenvalue weighted by Gasteiger charge is 2.36. The Hall–Kier alpha value is -0.610. The van der Waals surface area contributed by atoms with Crippen LogP contribution in [-0.2, 0) is 4.79 Å². The lowest BCUT2D eigenvalue weighted by atomic mass is 9.98. The van der Waals surface area contributed by atoms with E-state index >= 15 is 0 Å². The average molecular weight is 186 g/mol. The van der Waals surface area contributed by atoms with Gasteiger partial charge in [-0.25, -0.2) is 0 Å². The van der Waals surface area contributed by atoms with Gasteiger partial charge in [-0.2, -0.15) is 0 Å². The standard InChI is InChI=1S/C9H18N2O2/c1-7(12)6-11-8(13)9(10)4-2-3-5-9/h7,12H,2-6,10H2,1H3,(H,11,13). The van der Waals surface area contributed by atoms with E-state index in [-0.39, 0.29) is 12.5 Å². The number of carbonyl (C=O) groups excluding carboxylic acids is 1. The third-order valence-electron chi connectivity index (χ3n) is 2.51. The zero-order valence-electron chi connectivity index (χ0n) is 8.05. The smallest absolute Gasteiger partial charge is 0.240 e. The van der Waals surface area contributed by atoms with E-state index < -0.39 is 11.6 Å². The Kier molecular flexibility index (Phi) is 3.27. The van der Waals surface area contributed by atoms with Crippen molar-refractivity contribution in [2.45, 2.75) is 44.2 Å². The summed E-state index contributed by atoms with van der Waals surface area (Å²) in [6, 6.07) is 0. The Morgan fingerprint density at radius 1 is 1.62 bits per heavy atom. The van der Waals surface area contributed by atoms with Crippen LogP contribution in [0.3, 0.4) is 0 Å². The van der Waals surface area contributed by atoms with Crippen LogP contribution >= 0.6 is 0 Å². The number of nitrogens with two attached hydrogens (primary N) is 1. The maximum absolute atomic E-state index is 11.5. The lowest BCUT2D eigenvalue weighted by Gasteiger charge is -2.22. The Morgan fingerprint density at radius 2 is 2.15 bits per heavy atom. The Bertz CT molecular complexity index is 186. The predicted octanol–water partition coefficient (Wildman–Crippen LogP) is -0.245. The van der Waals surface area contributed by atoms with Gasteiger partial charge in [0.05, 0.1) is 11.6 Å². The van der Waals surface area contributed by atoms with Gasteiger partial charge in [-0.15, -0.1) is 0 Å². The zero-order chi connectivity index (χ0) is 9.90. The molecular weight excluding hydrogens is 168 g/mol. The third-order valence-corrected chi connectivity index (χ3v) is 2.51. The van der Waals surface area contributed by atoms with Crippen LogP contribution in [0.5, 0.6) is 0 Å². The van der Waals surface area contributed by atoms with Gasteiger partial charge in [0.1, 0.15) is 0 Å². The number of rotatable bonds is 3. The molecule has 4 N–H and O–H groups in total. The molecule has 1 aliphatic rings. The summed E-state index contributed by atoms with van der Waals surface area (Å²) in [5.74, 6) is -0.120. The molecule has 0 aliphatic heterocycles. The molecular formula is C9H18N2O2. The number of hydrogen-bond donors (Lipinski definition) is 3. The molecule has 0 spiro atoms. The highest BCUT2D eigenvalue weighted by atomic mass is 16.3. The Balaban J connectivity index is 2.38. The second-order valence-electron chi connectivity index (χ2n) is 3.92. The summed E-state index contributed by atoms with van der Waals surface area (Å²) >= 11 is 0. The van der Waals surface area contributed by atoms with Crippen molar-refractivity contribution in [2.75, 3.05) is 6.54 Å². The van der Waals surface area contributed by atoms with Crippen LogP contribution in [0, 0.1) is 0 Å². The molecule has 0 radical (unpaired) electrons. The van der Waals surface area contributed by atoms with Crippen molar-refractivity contribution in [1.82, 2.24) is 5.32 Å². The first kappa shape index (κ1) is 10.5. The van der Waals surface area contributed by atoms with Crippen LogP contribution in [-0.4, -0.2) is 29.2 Å². The number of carbonyl (C=O) groups is 1. The average Bonchev–Trinajstić information content (AvgIpc) is 2.49. The molecule has 1 atom stereocenters. The van der Waals surface area contributed by atoms with E-state index in [0.717, 1.165) is 25.7 Å². The number of nitrogens with one attached hydrogen (secondary N) is 1. The minimum Gasteiger partial charge on any atom is -0.392 e. The van der Waals surface area contributed by atoms with Crippen molar-refractivity contribution in [1.29, 1.82) is 0 Å². The van der Waals surface area contributed by atoms with Crippen molar-refractivity contribution in [3.8, 4) is 0 Å². The van der Waals surface area contributed by atoms with Crippen LogP contribution < -0.4 is 11.1 Å². The summed E-state index contributed by atoms with van der Waals surface area (Å²) in [6.07, 6.45) is 3.07. The van der Waals surface area contributed by atoms with E-state index in [1.807, 2.05) is 0 Å². The first-order chi connectivity index (χ1) is 6.04. The highest BCUT2D eigenvalue weighted by molar-refractivity contribution is 5.86. The monoisotopic (exact) mass is 186 g/mol. The van der Waals surface area contributed by atoms with Crippen molar-refractivity contribution in [3.05, 3.63) is 0 Å². The summed E-state index contributed by atoms with van der Waals surface area (Å²) in [7, 11) is 0. The molecule has 0 heterocycles. The largest absolute Gasteiger partial charge is 0.392 e. The Labute approximate surface area is 78.5 Å². The minimum absolute atomic E-state index is 0.120. The van der Waals surface area contributed by atoms with Gasteiger partial charge < -0.3 is 16.2 Å². The quantitative estimate of drug-likeness (QED) is 0.569. The predicted molar refractivity (Wildman–Crippen MR) is 50.1 cm³/mol. The van der Waals surface area contributed by atoms with Gasteiger partial charge in [-0.3, -0.25) is 4.79 Å². The molecule has 4 nitrogen and oxygen atoms in total. The molecule has 1 unspecified atom stereocenters. The first-order valence-corrected chi connectivity index (χ1v) is 4.80. The van der Waals surface area contributed by atoms with Crippen LogP contribution in [0.1, 0.15) is 32.6 Å². The Morgan fingerprint density at radius 3 is 2.62 bits per heavy atom. The van der Waals surface area contributed by atoms with Gasteiger partial charge in [0.15, 0.2) is 0 Å². The maximum atomic E-state index is 11.5. The fourth-order valence-corrected chi connectivity index (χ4v) is 1.65. The number of hydrogen-bond acceptors (Lipinski definition) is 3. The molecule has 0 aromatic carbocycles. The highest BCUT2D eigenvalue weighted by Crippen LogP contribution is 2.26. The second kappa shape index (κ2) is 4.07. The van der Waals surface area contributed by atoms with E-state index in [2.05, 4.69) is 5.32 Å². The third kappa shape index (κ3) is 2.67. The summed E-state index contributed by atoms with van der Waals surface area (Å²) in [6.45, 7) is 1.93. The fourth-order valence-electron chi connectivity index (χ4n) is 1.65. The summed E-state index contributed by atoms with van der Waals surface area (Å²) < 4.78 is 0. The molecule has 0 saturated heterocycles. The van der Waals surface area contributed by atoms with Gasteiger partial charge in [-0.1, -0.05) is 12.8 Å². The van der Waals surface area contributed by atoms with Crippen molar-refractivity contribution in [3.63, 3.8) is 0 Å². The molecule has 76 valence electrons. The van der Waals surface area contributed by atoms with E-state index in [1.54, 1.807) is 6.92 Å². The summed E-state index contributed by atoms with van der Waals surface area (Å²) in [4.78, 5) is 11.5. The number of amides is 1. The second-order valence-corrected chi connectivity index (χ2v) is 3.92. The molecule has 1 saturated carbocycles. The van der Waals surface area contributed by atoms with Crippen molar-refractivity contribution < 1.29 is 9.90 Å². The fraction of sp³-hybridized carbons (Fsp3) is 0.889. The normalized spacial score (nSPS) is 22.7. The molecule has 1 aliphatic carbocycles. The molecule has 0 aromatic rings. The lowest BCUT2D eigenvalue weighted by Crippen LogP contribution is -2.53. The molecule has 0 aromatic heterocycles. The van der Waals surface area contributed by atoms with Crippen molar-refractivity contribution >= 4 is 5.91 Å². The van der Waals surface area contributed by atoms with Crippen LogP contribution in [0.25, 0.3) is 0 Å². The number of aliphatic hydroxyl groups is 1. The molecule has 4 heteroatoms. The molecule has 1 fully saturated rings. The van der Waals surface area contributed by atoms with E-state index in [1.165, 1.54) is 0 Å². The van der Waals surface area contributed by atoms with Gasteiger partial charge in [-0.05, 0) is 19.8 Å². The number of aliphatic hydroxyl groups excluding tert-OH is 1. The zero-order valence-corrected chi connectivity index (χ0v) is 8.05. The van der Waals surface area contributed by atoms with Gasteiger partial charge in [0.2, 0.25) is 5.91 Å². The topological polar surface area (TPSA) is 75.3 Å². The van der Waals surface area contributed by atoms with E-state index in [9.17, 15) is 4.79 Å². The minimum atomic E-state index is -0.672. The van der Waals surface area contributed by atoms with E-state index in [0.29, 0.717) is 0 Å².